The van der Waals surface area contributed by atoms with Crippen LogP contribution in [0.1, 0.15) is 123 Å². The van der Waals surface area contributed by atoms with Crippen molar-refractivity contribution in [2.75, 3.05) is 19.9 Å². The topological polar surface area (TPSA) is 18.5 Å². The average Bonchev–Trinajstić information content (AvgIpc) is 2.84. The van der Waals surface area contributed by atoms with Crippen LogP contribution in [0.2, 0.25) is 0 Å². The number of unbranched alkanes of at least 4 members (excludes halogenated alkanes) is 12. The largest absolute Gasteiger partial charge is 0.379 e. The van der Waals surface area contributed by atoms with Crippen molar-refractivity contribution in [1.29, 1.82) is 0 Å². The minimum absolute atomic E-state index is 0.144. The lowest BCUT2D eigenvalue weighted by Gasteiger charge is -2.17. The molecule has 0 aromatic heterocycles. The number of alkyl halides is 1. The predicted octanol–water partition coefficient (Wildman–Crippen LogP) is 9.46. The first kappa shape index (κ1) is 31.1. The molecule has 0 aliphatic heterocycles. The standard InChI is InChI=1S/C27H47FO2.C2H6/c1-2-19-27(30-24-26-20-15-14-16-21-26)25-29-23-18-13-11-9-7-5-3-4-6-8-10-12-17-22-28;1-2/h14-16,20-21,27H,2-13,17-19,22-25H2,1H3;1-2H3. The van der Waals surface area contributed by atoms with Crippen molar-refractivity contribution in [3.8, 4) is 0 Å². The summed E-state index contributed by atoms with van der Waals surface area (Å²) in [6, 6.07) is 10.4. The summed E-state index contributed by atoms with van der Waals surface area (Å²) in [6.07, 6.45) is 18.6. The van der Waals surface area contributed by atoms with E-state index in [4.69, 9.17) is 9.47 Å². The van der Waals surface area contributed by atoms with Gasteiger partial charge in [-0.15, -0.1) is 0 Å². The Kier molecular flexibility index (Phi) is 25.6. The Bertz CT molecular complexity index is 452. The third-order valence-corrected chi connectivity index (χ3v) is 5.67. The lowest BCUT2D eigenvalue weighted by Crippen LogP contribution is -2.20. The first-order chi connectivity index (χ1) is 15.9. The van der Waals surface area contributed by atoms with Gasteiger partial charge in [0.05, 0.1) is 26.0 Å². The molecule has 0 heterocycles. The van der Waals surface area contributed by atoms with Gasteiger partial charge in [0.1, 0.15) is 0 Å². The fourth-order valence-electron chi connectivity index (χ4n) is 3.78. The molecule has 0 saturated carbocycles. The third-order valence-electron chi connectivity index (χ3n) is 5.67. The molecular weight excluding hydrogens is 399 g/mol. The van der Waals surface area contributed by atoms with E-state index in [1.54, 1.807) is 0 Å². The smallest absolute Gasteiger partial charge is 0.0894 e. The van der Waals surface area contributed by atoms with E-state index in [1.807, 2.05) is 19.9 Å². The van der Waals surface area contributed by atoms with E-state index >= 15 is 0 Å². The van der Waals surface area contributed by atoms with Crippen molar-refractivity contribution >= 4 is 0 Å². The maximum Gasteiger partial charge on any atom is 0.0894 e. The molecule has 0 radical (unpaired) electrons. The van der Waals surface area contributed by atoms with Crippen molar-refractivity contribution in [3.63, 3.8) is 0 Å². The molecule has 188 valence electrons. The van der Waals surface area contributed by atoms with E-state index in [0.717, 1.165) is 38.7 Å². The zero-order valence-corrected chi connectivity index (χ0v) is 21.6. The Labute approximate surface area is 199 Å². The molecule has 0 aliphatic carbocycles. The second-order valence-electron chi connectivity index (χ2n) is 8.57. The van der Waals surface area contributed by atoms with Crippen LogP contribution in [0, 0.1) is 0 Å². The lowest BCUT2D eigenvalue weighted by molar-refractivity contribution is -0.0295. The van der Waals surface area contributed by atoms with Crippen LogP contribution in [0.5, 0.6) is 0 Å². The molecule has 1 atom stereocenters. The Morgan fingerprint density at radius 1 is 0.719 bits per heavy atom. The quantitative estimate of drug-likeness (QED) is 0.163. The average molecular weight is 453 g/mol. The van der Waals surface area contributed by atoms with E-state index in [-0.39, 0.29) is 12.8 Å². The van der Waals surface area contributed by atoms with E-state index in [2.05, 4.69) is 31.2 Å². The van der Waals surface area contributed by atoms with Crippen LogP contribution in [0.4, 0.5) is 4.39 Å². The van der Waals surface area contributed by atoms with Gasteiger partial charge in [-0.25, -0.2) is 0 Å². The molecule has 0 aliphatic rings. The van der Waals surface area contributed by atoms with Gasteiger partial charge in [-0.05, 0) is 24.8 Å². The maximum atomic E-state index is 12.0. The highest BCUT2D eigenvalue weighted by Crippen LogP contribution is 2.13. The summed E-state index contributed by atoms with van der Waals surface area (Å²) in [4.78, 5) is 0. The molecule has 1 aromatic rings. The fraction of sp³-hybridized carbons (Fsp3) is 0.793. The molecule has 0 fully saturated rings. The van der Waals surface area contributed by atoms with Crippen LogP contribution in [-0.4, -0.2) is 26.0 Å². The van der Waals surface area contributed by atoms with Crippen LogP contribution in [0.25, 0.3) is 0 Å². The van der Waals surface area contributed by atoms with Crippen LogP contribution in [0.3, 0.4) is 0 Å². The van der Waals surface area contributed by atoms with Crippen LogP contribution in [-0.2, 0) is 16.1 Å². The highest BCUT2D eigenvalue weighted by molar-refractivity contribution is 5.13. The molecule has 3 heteroatoms. The summed E-state index contributed by atoms with van der Waals surface area (Å²) in [5.74, 6) is 0. The summed E-state index contributed by atoms with van der Waals surface area (Å²) < 4.78 is 23.9. The molecular formula is C29H53FO2. The zero-order chi connectivity index (χ0) is 23.5. The van der Waals surface area contributed by atoms with Gasteiger partial charge in [0.15, 0.2) is 0 Å². The molecule has 32 heavy (non-hydrogen) atoms. The summed E-state index contributed by atoms with van der Waals surface area (Å²) in [6.45, 7) is 8.31. The molecule has 1 unspecified atom stereocenters. The molecule has 0 amide bonds. The first-order valence-corrected chi connectivity index (χ1v) is 13.7. The Morgan fingerprint density at radius 2 is 1.22 bits per heavy atom. The van der Waals surface area contributed by atoms with Gasteiger partial charge >= 0.3 is 0 Å². The van der Waals surface area contributed by atoms with Gasteiger partial charge in [0, 0.05) is 6.61 Å². The van der Waals surface area contributed by atoms with Gasteiger partial charge in [-0.1, -0.05) is 128 Å². The highest BCUT2D eigenvalue weighted by atomic mass is 19.1. The minimum Gasteiger partial charge on any atom is -0.379 e. The first-order valence-electron chi connectivity index (χ1n) is 13.7. The van der Waals surface area contributed by atoms with Crippen LogP contribution >= 0.6 is 0 Å². The number of hydrogen-bond donors (Lipinski definition) is 0. The van der Waals surface area contributed by atoms with E-state index in [9.17, 15) is 4.39 Å². The Balaban J connectivity index is 0.00000466. The predicted molar refractivity (Wildman–Crippen MR) is 138 cm³/mol. The Morgan fingerprint density at radius 3 is 1.72 bits per heavy atom. The van der Waals surface area contributed by atoms with Crippen LogP contribution in [0.15, 0.2) is 30.3 Å². The minimum atomic E-state index is -0.144. The van der Waals surface area contributed by atoms with Gasteiger partial charge in [0.25, 0.3) is 0 Å². The van der Waals surface area contributed by atoms with Gasteiger partial charge in [-0.2, -0.15) is 0 Å². The summed E-state index contributed by atoms with van der Waals surface area (Å²) >= 11 is 0. The Hall–Kier alpha value is -0.930. The number of rotatable bonds is 22. The molecule has 1 aromatic carbocycles. The van der Waals surface area contributed by atoms with E-state index in [1.165, 1.54) is 69.8 Å². The summed E-state index contributed by atoms with van der Waals surface area (Å²) in [5, 5.41) is 0. The molecule has 0 N–H and O–H groups in total. The van der Waals surface area contributed by atoms with Crippen molar-refractivity contribution in [3.05, 3.63) is 35.9 Å². The van der Waals surface area contributed by atoms with Crippen LogP contribution < -0.4 is 0 Å². The molecule has 0 saturated heterocycles. The SMILES string of the molecule is CC.CCCC(COCCCCCCCCCCCCCCCF)OCc1ccccc1. The lowest BCUT2D eigenvalue weighted by atomic mass is 10.0. The summed E-state index contributed by atoms with van der Waals surface area (Å²) in [7, 11) is 0. The third kappa shape index (κ3) is 20.9. The highest BCUT2D eigenvalue weighted by Gasteiger charge is 2.08. The van der Waals surface area contributed by atoms with Crippen molar-refractivity contribution in [2.24, 2.45) is 0 Å². The second kappa shape index (κ2) is 26.3. The van der Waals surface area contributed by atoms with E-state index < -0.39 is 0 Å². The molecule has 1 rings (SSSR count). The zero-order valence-electron chi connectivity index (χ0n) is 21.6. The van der Waals surface area contributed by atoms with Gasteiger partial charge < -0.3 is 9.47 Å². The normalized spacial score (nSPS) is 11.8. The number of hydrogen-bond acceptors (Lipinski definition) is 2. The monoisotopic (exact) mass is 452 g/mol. The van der Waals surface area contributed by atoms with Gasteiger partial charge in [-0.3, -0.25) is 4.39 Å². The van der Waals surface area contributed by atoms with Crippen molar-refractivity contribution in [1.82, 2.24) is 0 Å². The van der Waals surface area contributed by atoms with E-state index in [0.29, 0.717) is 13.2 Å². The number of halogens is 1. The van der Waals surface area contributed by atoms with Gasteiger partial charge in [0.2, 0.25) is 0 Å². The fourth-order valence-corrected chi connectivity index (χ4v) is 3.78. The van der Waals surface area contributed by atoms with Crippen molar-refractivity contribution < 1.29 is 13.9 Å². The second-order valence-corrected chi connectivity index (χ2v) is 8.57. The summed E-state index contributed by atoms with van der Waals surface area (Å²) in [5.41, 5.74) is 1.23. The maximum absolute atomic E-state index is 12.0. The number of ether oxygens (including phenoxy) is 2. The molecule has 0 spiro atoms. The number of benzene rings is 1. The molecule has 2 nitrogen and oxygen atoms in total. The molecule has 0 bridgehead atoms. The van der Waals surface area contributed by atoms with Crippen molar-refractivity contribution in [2.45, 2.75) is 130 Å².